The van der Waals surface area contributed by atoms with Gasteiger partial charge < -0.3 is 19.9 Å². The zero-order valence-electron chi connectivity index (χ0n) is 11.8. The second-order valence-electron chi connectivity index (χ2n) is 4.88. The summed E-state index contributed by atoms with van der Waals surface area (Å²) in [5.41, 5.74) is 0.277. The van der Waals surface area contributed by atoms with E-state index in [2.05, 4.69) is 10.1 Å². The number of carboxylic acid groups (broad SMARTS) is 1. The van der Waals surface area contributed by atoms with Gasteiger partial charge in [0, 0.05) is 17.1 Å². The predicted octanol–water partition coefficient (Wildman–Crippen LogP) is 2.19. The van der Waals surface area contributed by atoms with Gasteiger partial charge in [0.2, 0.25) is 5.91 Å². The number of amides is 1. The fourth-order valence-corrected chi connectivity index (χ4v) is 2.40. The monoisotopic (exact) mass is 349 g/mol. The van der Waals surface area contributed by atoms with E-state index in [0.717, 1.165) is 0 Å². The topological polar surface area (TPSA) is 84.9 Å². The molecule has 23 heavy (non-hydrogen) atoms. The summed E-state index contributed by atoms with van der Waals surface area (Å²) in [6, 6.07) is 4.07. The molecule has 0 bridgehead atoms. The Kier molecular flexibility index (Phi) is 5.73. The number of hydrogen-bond donors (Lipinski definition) is 2. The van der Waals surface area contributed by atoms with Crippen LogP contribution in [0.2, 0.25) is 5.02 Å². The van der Waals surface area contributed by atoms with E-state index in [4.69, 9.17) is 21.4 Å². The molecule has 0 saturated carbocycles. The average Bonchev–Trinajstić information content (AvgIpc) is 2.97. The summed E-state index contributed by atoms with van der Waals surface area (Å²) in [4.78, 5) is 22.7. The molecule has 0 aromatic heterocycles. The quantitative estimate of drug-likeness (QED) is 0.822. The summed E-state index contributed by atoms with van der Waals surface area (Å²) in [5, 5.41) is 11.6. The molecule has 6 nitrogen and oxygen atoms in total. The molecular formula is C14H14ClF2NO5. The molecule has 1 aliphatic rings. The van der Waals surface area contributed by atoms with Crippen LogP contribution in [0.5, 0.6) is 5.75 Å². The Bertz CT molecular complexity index is 599. The number of carboxylic acids is 1. The minimum Gasteiger partial charge on any atom is -0.479 e. The van der Waals surface area contributed by atoms with Crippen molar-refractivity contribution < 1.29 is 33.0 Å². The fourth-order valence-electron chi connectivity index (χ4n) is 2.20. The van der Waals surface area contributed by atoms with E-state index >= 15 is 0 Å². The molecule has 0 unspecified atom stereocenters. The molecule has 2 N–H and O–H groups in total. The van der Waals surface area contributed by atoms with Crippen LogP contribution in [-0.2, 0) is 20.9 Å². The highest BCUT2D eigenvalue weighted by Crippen LogP contribution is 2.25. The number of carbonyl (C=O) groups excluding carboxylic acids is 1. The van der Waals surface area contributed by atoms with Gasteiger partial charge in [-0.1, -0.05) is 11.6 Å². The van der Waals surface area contributed by atoms with Gasteiger partial charge in [0.1, 0.15) is 11.9 Å². The molecule has 1 amide bonds. The van der Waals surface area contributed by atoms with Gasteiger partial charge in [0.05, 0.1) is 0 Å². The maximum absolute atomic E-state index is 12.3. The lowest BCUT2D eigenvalue weighted by Gasteiger charge is -2.14. The first-order valence-electron chi connectivity index (χ1n) is 6.76. The number of rotatable bonds is 6. The van der Waals surface area contributed by atoms with Gasteiger partial charge in [0.15, 0.2) is 6.10 Å². The highest BCUT2D eigenvalue weighted by Gasteiger charge is 2.34. The number of hydrogen-bond acceptors (Lipinski definition) is 4. The largest absolute Gasteiger partial charge is 0.479 e. The Hall–Kier alpha value is -1.93. The third-order valence-electron chi connectivity index (χ3n) is 3.28. The Morgan fingerprint density at radius 3 is 2.70 bits per heavy atom. The second kappa shape index (κ2) is 7.56. The Balaban J connectivity index is 1.96. The van der Waals surface area contributed by atoms with E-state index in [1.807, 2.05) is 0 Å². The molecule has 1 aromatic rings. The molecule has 1 aliphatic heterocycles. The SMILES string of the molecule is O=C(NCc1cc(Cl)ccc1OC(F)F)[C@@H]1CC[C@H](C(=O)O)O1. The molecule has 126 valence electrons. The Morgan fingerprint density at radius 2 is 2.09 bits per heavy atom. The number of aliphatic carboxylic acids is 1. The third kappa shape index (κ3) is 4.77. The Labute approximate surface area is 135 Å². The van der Waals surface area contributed by atoms with Gasteiger partial charge >= 0.3 is 12.6 Å². The lowest BCUT2D eigenvalue weighted by molar-refractivity contribution is -0.151. The van der Waals surface area contributed by atoms with Crippen molar-refractivity contribution >= 4 is 23.5 Å². The van der Waals surface area contributed by atoms with Crippen LogP contribution in [0.4, 0.5) is 8.78 Å². The maximum atomic E-state index is 12.3. The average molecular weight is 350 g/mol. The van der Waals surface area contributed by atoms with Crippen molar-refractivity contribution in [1.29, 1.82) is 0 Å². The number of carbonyl (C=O) groups is 2. The summed E-state index contributed by atoms with van der Waals surface area (Å²) < 4.78 is 34.1. The third-order valence-corrected chi connectivity index (χ3v) is 3.51. The van der Waals surface area contributed by atoms with Crippen molar-refractivity contribution in [1.82, 2.24) is 5.32 Å². The highest BCUT2D eigenvalue weighted by atomic mass is 35.5. The van der Waals surface area contributed by atoms with Gasteiger partial charge in [-0.3, -0.25) is 4.79 Å². The van der Waals surface area contributed by atoms with E-state index in [0.29, 0.717) is 5.02 Å². The first-order valence-corrected chi connectivity index (χ1v) is 7.14. The molecule has 9 heteroatoms. The molecule has 1 fully saturated rings. The second-order valence-corrected chi connectivity index (χ2v) is 5.31. The number of nitrogens with one attached hydrogen (secondary N) is 1. The number of halogens is 3. The molecule has 2 atom stereocenters. The zero-order chi connectivity index (χ0) is 17.0. The zero-order valence-corrected chi connectivity index (χ0v) is 12.6. The van der Waals surface area contributed by atoms with Crippen LogP contribution >= 0.6 is 11.6 Å². The summed E-state index contributed by atoms with van der Waals surface area (Å²) >= 11 is 5.80. The summed E-state index contributed by atoms with van der Waals surface area (Å²) in [6.45, 7) is -3.10. The van der Waals surface area contributed by atoms with Gasteiger partial charge in [-0.05, 0) is 31.0 Å². The lowest BCUT2D eigenvalue weighted by Crippen LogP contribution is -2.35. The maximum Gasteiger partial charge on any atom is 0.387 e. The number of ether oxygens (including phenoxy) is 2. The van der Waals surface area contributed by atoms with Crippen molar-refractivity contribution in [2.24, 2.45) is 0 Å². The van der Waals surface area contributed by atoms with E-state index in [9.17, 15) is 18.4 Å². The van der Waals surface area contributed by atoms with Gasteiger partial charge in [-0.15, -0.1) is 0 Å². The number of benzene rings is 1. The first-order chi connectivity index (χ1) is 10.9. The van der Waals surface area contributed by atoms with Crippen molar-refractivity contribution in [3.8, 4) is 5.75 Å². The molecule has 1 saturated heterocycles. The van der Waals surface area contributed by atoms with Crippen molar-refractivity contribution in [2.45, 2.75) is 38.2 Å². The highest BCUT2D eigenvalue weighted by molar-refractivity contribution is 6.30. The van der Waals surface area contributed by atoms with E-state index in [1.165, 1.54) is 18.2 Å². The smallest absolute Gasteiger partial charge is 0.387 e. The molecule has 1 heterocycles. The van der Waals surface area contributed by atoms with Gasteiger partial charge in [0.25, 0.3) is 0 Å². The van der Waals surface area contributed by atoms with Crippen LogP contribution in [-0.4, -0.2) is 35.8 Å². The van der Waals surface area contributed by atoms with Crippen molar-refractivity contribution in [3.63, 3.8) is 0 Å². The van der Waals surface area contributed by atoms with E-state index in [-0.39, 0.29) is 30.7 Å². The van der Waals surface area contributed by atoms with Crippen molar-refractivity contribution in [2.75, 3.05) is 0 Å². The predicted molar refractivity (Wildman–Crippen MR) is 75.5 cm³/mol. The Morgan fingerprint density at radius 1 is 1.39 bits per heavy atom. The van der Waals surface area contributed by atoms with Crippen molar-refractivity contribution in [3.05, 3.63) is 28.8 Å². The van der Waals surface area contributed by atoms with Gasteiger partial charge in [-0.2, -0.15) is 8.78 Å². The lowest BCUT2D eigenvalue weighted by atomic mass is 10.1. The molecule has 1 aromatic carbocycles. The molecule has 0 aliphatic carbocycles. The van der Waals surface area contributed by atoms with E-state index < -0.39 is 30.7 Å². The van der Waals surface area contributed by atoms with Crippen LogP contribution in [0.1, 0.15) is 18.4 Å². The number of alkyl halides is 2. The summed E-state index contributed by atoms with van der Waals surface area (Å²) in [5.74, 6) is -1.74. The normalized spacial score (nSPS) is 20.5. The molecule has 2 rings (SSSR count). The van der Waals surface area contributed by atoms with Crippen LogP contribution < -0.4 is 10.1 Å². The molecule has 0 spiro atoms. The minimum absolute atomic E-state index is 0.0968. The standard InChI is InChI=1S/C14H14ClF2NO5/c15-8-1-2-9(23-14(16)17)7(5-8)6-18-12(19)10-3-4-11(22-10)13(20)21/h1-2,5,10-11,14H,3-4,6H2,(H,18,19)(H,20,21)/t10-,11+/m0/s1. The van der Waals surface area contributed by atoms with Gasteiger partial charge in [-0.25, -0.2) is 4.79 Å². The molecular weight excluding hydrogens is 336 g/mol. The van der Waals surface area contributed by atoms with Crippen LogP contribution in [0.15, 0.2) is 18.2 Å². The molecule has 0 radical (unpaired) electrons. The van der Waals surface area contributed by atoms with E-state index in [1.54, 1.807) is 0 Å². The summed E-state index contributed by atoms with van der Waals surface area (Å²) in [7, 11) is 0. The van der Waals surface area contributed by atoms with Crippen LogP contribution in [0.3, 0.4) is 0 Å². The fraction of sp³-hybridized carbons (Fsp3) is 0.429. The summed E-state index contributed by atoms with van der Waals surface area (Å²) in [6.07, 6.45) is -1.37. The first kappa shape index (κ1) is 17.4. The van der Waals surface area contributed by atoms with Crippen LogP contribution in [0, 0.1) is 0 Å². The minimum atomic E-state index is -3.00. The van der Waals surface area contributed by atoms with Crippen LogP contribution in [0.25, 0.3) is 0 Å².